The number of fused-ring (bicyclic) bond motifs is 3. The van der Waals surface area contributed by atoms with Crippen molar-refractivity contribution in [3.05, 3.63) is 81.2 Å². The van der Waals surface area contributed by atoms with Crippen molar-refractivity contribution in [2.75, 3.05) is 13.1 Å². The fourth-order valence-electron chi connectivity index (χ4n) is 3.92. The second kappa shape index (κ2) is 9.97. The van der Waals surface area contributed by atoms with Crippen molar-refractivity contribution in [2.45, 2.75) is 39.8 Å². The summed E-state index contributed by atoms with van der Waals surface area (Å²) in [6.45, 7) is 5.83. The zero-order valence-electron chi connectivity index (χ0n) is 18.6. The van der Waals surface area contributed by atoms with Gasteiger partial charge in [-0.25, -0.2) is 4.39 Å². The predicted octanol–water partition coefficient (Wildman–Crippen LogP) is 4.22. The first kappa shape index (κ1) is 22.7. The number of nitro groups is 1. The van der Waals surface area contributed by atoms with Crippen LogP contribution in [0.4, 0.5) is 10.1 Å². The molecular formula is C23H25FN6O3. The average Bonchev–Trinajstić information content (AvgIpc) is 3.13. The predicted molar refractivity (Wildman–Crippen MR) is 121 cm³/mol. The van der Waals surface area contributed by atoms with E-state index in [4.69, 9.17) is 4.84 Å². The quantitative estimate of drug-likeness (QED) is 0.356. The molecule has 172 valence electrons. The van der Waals surface area contributed by atoms with Gasteiger partial charge in [-0.3, -0.25) is 24.5 Å². The topological polar surface area (TPSA) is 98.7 Å². The zero-order valence-corrected chi connectivity index (χ0v) is 18.6. The molecule has 0 atom stereocenters. The van der Waals surface area contributed by atoms with Crippen LogP contribution in [0.5, 0.6) is 0 Å². The number of aromatic nitrogens is 3. The van der Waals surface area contributed by atoms with Gasteiger partial charge in [-0.15, -0.1) is 10.2 Å². The first-order valence-corrected chi connectivity index (χ1v) is 10.9. The Morgan fingerprint density at radius 1 is 1.09 bits per heavy atom. The van der Waals surface area contributed by atoms with E-state index in [1.54, 1.807) is 34.9 Å². The lowest BCUT2D eigenvalue weighted by Gasteiger charge is -2.20. The lowest BCUT2D eigenvalue weighted by atomic mass is 9.99. The molecule has 2 aromatic carbocycles. The maximum atomic E-state index is 14.7. The van der Waals surface area contributed by atoms with Crippen LogP contribution >= 0.6 is 0 Å². The number of para-hydroxylation sites is 1. The highest BCUT2D eigenvalue weighted by molar-refractivity contribution is 6.16. The van der Waals surface area contributed by atoms with Gasteiger partial charge in [0, 0.05) is 30.3 Å². The zero-order chi connectivity index (χ0) is 23.4. The summed E-state index contributed by atoms with van der Waals surface area (Å²) >= 11 is 0. The average molecular weight is 452 g/mol. The van der Waals surface area contributed by atoms with Crippen LogP contribution in [-0.2, 0) is 18.0 Å². The van der Waals surface area contributed by atoms with Gasteiger partial charge in [0.05, 0.1) is 10.6 Å². The first-order chi connectivity index (χ1) is 16.0. The minimum Gasteiger partial charge on any atom is -0.291 e. The summed E-state index contributed by atoms with van der Waals surface area (Å²) in [7, 11) is 0. The summed E-state index contributed by atoms with van der Waals surface area (Å²) < 4.78 is 16.3. The molecule has 0 bridgehead atoms. The summed E-state index contributed by atoms with van der Waals surface area (Å²) in [6, 6.07) is 10.9. The van der Waals surface area contributed by atoms with Crippen LogP contribution in [0.25, 0.3) is 5.69 Å². The second-order valence-electron chi connectivity index (χ2n) is 7.65. The first-order valence-electron chi connectivity index (χ1n) is 10.9. The van der Waals surface area contributed by atoms with Crippen LogP contribution in [0.2, 0.25) is 0 Å². The minimum absolute atomic E-state index is 0.0908. The number of benzene rings is 2. The van der Waals surface area contributed by atoms with Crippen molar-refractivity contribution in [3.8, 4) is 5.69 Å². The van der Waals surface area contributed by atoms with E-state index in [0.717, 1.165) is 25.9 Å². The van der Waals surface area contributed by atoms with E-state index >= 15 is 0 Å². The maximum Gasteiger partial charge on any atom is 0.294 e. The maximum absolute atomic E-state index is 14.7. The fourth-order valence-corrected chi connectivity index (χ4v) is 3.92. The van der Waals surface area contributed by atoms with Crippen LogP contribution in [0.1, 0.15) is 49.5 Å². The van der Waals surface area contributed by atoms with Crippen LogP contribution in [0.15, 0.2) is 47.5 Å². The van der Waals surface area contributed by atoms with Crippen LogP contribution < -0.4 is 0 Å². The Kier molecular flexibility index (Phi) is 6.85. The Hall–Kier alpha value is -3.50. The van der Waals surface area contributed by atoms with Crippen LogP contribution in [-0.4, -0.2) is 43.6 Å². The standard InChI is InChI=1S/C23H25FN6O3/c1-3-12-28(13-4-2)33-15-21-27-26-20-14-25-22(16-8-5-6-10-18(16)24)17-9-7-11-19(30(31)32)23(17)29(20)21/h5-11H,3-4,12-15H2,1-2H3. The van der Waals surface area contributed by atoms with E-state index in [0.29, 0.717) is 22.9 Å². The molecule has 2 heterocycles. The Balaban J connectivity index is 1.83. The van der Waals surface area contributed by atoms with Gasteiger partial charge < -0.3 is 0 Å². The normalized spacial score (nSPS) is 12.8. The molecule has 3 aromatic rings. The van der Waals surface area contributed by atoms with Crippen molar-refractivity contribution in [3.63, 3.8) is 0 Å². The molecule has 1 aromatic heterocycles. The van der Waals surface area contributed by atoms with E-state index < -0.39 is 10.7 Å². The number of hydrogen-bond donors (Lipinski definition) is 0. The van der Waals surface area contributed by atoms with Gasteiger partial charge in [0.1, 0.15) is 24.7 Å². The van der Waals surface area contributed by atoms with Gasteiger partial charge in [0.15, 0.2) is 11.6 Å². The van der Waals surface area contributed by atoms with Crippen molar-refractivity contribution < 1.29 is 14.2 Å². The van der Waals surface area contributed by atoms with Gasteiger partial charge in [0.2, 0.25) is 0 Å². The molecule has 0 N–H and O–H groups in total. The number of hydrogen-bond acceptors (Lipinski definition) is 7. The smallest absolute Gasteiger partial charge is 0.291 e. The molecule has 0 unspecified atom stereocenters. The molecular weight excluding hydrogens is 427 g/mol. The van der Waals surface area contributed by atoms with E-state index in [1.807, 2.05) is 5.06 Å². The molecule has 1 aliphatic rings. The van der Waals surface area contributed by atoms with Crippen molar-refractivity contribution in [2.24, 2.45) is 4.99 Å². The Labute approximate surface area is 190 Å². The number of halogens is 1. The summed E-state index contributed by atoms with van der Waals surface area (Å²) in [5, 5.41) is 22.3. The van der Waals surface area contributed by atoms with Crippen LogP contribution in [0, 0.1) is 15.9 Å². The number of nitro benzene ring substituents is 1. The monoisotopic (exact) mass is 452 g/mol. The van der Waals surface area contributed by atoms with Crippen LogP contribution in [0.3, 0.4) is 0 Å². The molecule has 9 nitrogen and oxygen atoms in total. The Morgan fingerprint density at radius 2 is 1.82 bits per heavy atom. The van der Waals surface area contributed by atoms with Gasteiger partial charge in [0.25, 0.3) is 5.69 Å². The van der Waals surface area contributed by atoms with E-state index in [9.17, 15) is 14.5 Å². The molecule has 0 aliphatic carbocycles. The molecule has 0 saturated carbocycles. The molecule has 0 saturated heterocycles. The number of hydroxylamine groups is 2. The summed E-state index contributed by atoms with van der Waals surface area (Å²) in [4.78, 5) is 22.1. The highest BCUT2D eigenvalue weighted by atomic mass is 19.1. The van der Waals surface area contributed by atoms with Gasteiger partial charge >= 0.3 is 0 Å². The second-order valence-corrected chi connectivity index (χ2v) is 7.65. The van der Waals surface area contributed by atoms with Gasteiger partial charge in [-0.05, 0) is 25.0 Å². The molecule has 0 radical (unpaired) electrons. The van der Waals surface area contributed by atoms with Crippen molar-refractivity contribution in [1.29, 1.82) is 0 Å². The number of rotatable bonds is 9. The highest BCUT2D eigenvalue weighted by Crippen LogP contribution is 2.33. The third-order valence-corrected chi connectivity index (χ3v) is 5.32. The largest absolute Gasteiger partial charge is 0.294 e. The lowest BCUT2D eigenvalue weighted by molar-refractivity contribution is -0.384. The SMILES string of the molecule is CCCN(CCC)OCc1nnc2n1-c1c(cccc1[N+](=O)[O-])C(c1ccccc1F)=NC2. The van der Waals surface area contributed by atoms with Crippen molar-refractivity contribution in [1.82, 2.24) is 19.8 Å². The van der Waals surface area contributed by atoms with Gasteiger partial charge in [-0.2, -0.15) is 5.06 Å². The van der Waals surface area contributed by atoms with Gasteiger partial charge in [-0.1, -0.05) is 38.1 Å². The minimum atomic E-state index is -0.460. The summed E-state index contributed by atoms with van der Waals surface area (Å²) in [6.07, 6.45) is 1.85. The molecule has 10 heteroatoms. The Bertz CT molecular complexity index is 1190. The van der Waals surface area contributed by atoms with Crippen molar-refractivity contribution >= 4 is 11.4 Å². The Morgan fingerprint density at radius 3 is 2.52 bits per heavy atom. The molecule has 4 rings (SSSR count). The third-order valence-electron chi connectivity index (χ3n) is 5.32. The molecule has 33 heavy (non-hydrogen) atoms. The fraction of sp³-hybridized carbons (Fsp3) is 0.348. The number of aliphatic imine (C=N–C) groups is 1. The molecule has 0 amide bonds. The summed E-state index contributed by atoms with van der Waals surface area (Å²) in [5.74, 6) is 0.389. The highest BCUT2D eigenvalue weighted by Gasteiger charge is 2.30. The molecule has 1 aliphatic heterocycles. The lowest BCUT2D eigenvalue weighted by Crippen LogP contribution is -2.26. The van der Waals surface area contributed by atoms with E-state index in [2.05, 4.69) is 29.0 Å². The summed E-state index contributed by atoms with van der Waals surface area (Å²) in [5.41, 5.74) is 1.17. The molecule has 0 spiro atoms. The van der Waals surface area contributed by atoms with E-state index in [1.165, 1.54) is 12.1 Å². The molecule has 0 fully saturated rings. The number of nitrogens with zero attached hydrogens (tertiary/aromatic N) is 6. The van der Waals surface area contributed by atoms with E-state index in [-0.39, 0.29) is 30.1 Å². The third kappa shape index (κ3) is 4.53.